The number of urea groups is 1. The van der Waals surface area contributed by atoms with Gasteiger partial charge in [0.25, 0.3) is 5.91 Å². The van der Waals surface area contributed by atoms with Crippen LogP contribution >= 0.6 is 0 Å². The van der Waals surface area contributed by atoms with E-state index in [1.54, 1.807) is 0 Å². The summed E-state index contributed by atoms with van der Waals surface area (Å²) < 4.78 is 0. The Morgan fingerprint density at radius 3 is 2.22 bits per heavy atom. The highest BCUT2D eigenvalue weighted by molar-refractivity contribution is 6.09. The first-order chi connectivity index (χ1) is 12.8. The smallest absolute Gasteiger partial charge is 0.325 e. The molecular weight excluding hydrogens is 342 g/mol. The van der Waals surface area contributed by atoms with Crippen molar-refractivity contribution < 1.29 is 14.4 Å². The molecule has 2 aliphatic carbocycles. The minimum Gasteiger partial charge on any atom is -0.336 e. The van der Waals surface area contributed by atoms with Crippen LogP contribution in [0.3, 0.4) is 0 Å². The van der Waals surface area contributed by atoms with Crippen molar-refractivity contribution >= 4 is 17.8 Å². The van der Waals surface area contributed by atoms with Gasteiger partial charge in [-0.3, -0.25) is 14.5 Å². The van der Waals surface area contributed by atoms with Crippen LogP contribution in [0, 0.1) is 11.8 Å². The van der Waals surface area contributed by atoms with Gasteiger partial charge in [0.2, 0.25) is 5.91 Å². The molecule has 0 aromatic rings. The molecule has 3 aliphatic rings. The van der Waals surface area contributed by atoms with Crippen LogP contribution in [0.1, 0.15) is 79.1 Å². The maximum Gasteiger partial charge on any atom is 0.325 e. The van der Waals surface area contributed by atoms with Crippen molar-refractivity contribution in [1.82, 2.24) is 15.1 Å². The Labute approximate surface area is 163 Å². The summed E-state index contributed by atoms with van der Waals surface area (Å²) in [6, 6.07) is -0.0994. The van der Waals surface area contributed by atoms with Crippen molar-refractivity contribution in [2.75, 3.05) is 6.54 Å². The van der Waals surface area contributed by atoms with Crippen LogP contribution in [-0.4, -0.2) is 51.8 Å². The standard InChI is InChI=1S/C21H35N3O3/c1-14(2)24(17-11-6-5-7-12-17)18(25)13-23-19(26)21(22-20(23)27)15(3)9-8-10-16(21)4/h14-17H,5-13H2,1-4H3,(H,22,27)/t15-,16-/m1/s1. The molecule has 6 nitrogen and oxygen atoms in total. The molecular formula is C21H35N3O3. The van der Waals surface area contributed by atoms with Crippen molar-refractivity contribution in [3.63, 3.8) is 0 Å². The molecule has 3 rings (SSSR count). The molecule has 1 heterocycles. The summed E-state index contributed by atoms with van der Waals surface area (Å²) in [5, 5.41) is 2.99. The second kappa shape index (κ2) is 7.80. The second-order valence-electron chi connectivity index (χ2n) is 9.11. The Morgan fingerprint density at radius 1 is 1.07 bits per heavy atom. The topological polar surface area (TPSA) is 69.7 Å². The van der Waals surface area contributed by atoms with Gasteiger partial charge < -0.3 is 10.2 Å². The maximum atomic E-state index is 13.3. The second-order valence-corrected chi connectivity index (χ2v) is 9.11. The van der Waals surface area contributed by atoms with E-state index in [0.29, 0.717) is 0 Å². The monoisotopic (exact) mass is 377 g/mol. The summed E-state index contributed by atoms with van der Waals surface area (Å²) in [6.45, 7) is 7.99. The first kappa shape index (κ1) is 20.2. The number of hydrogen-bond acceptors (Lipinski definition) is 3. The first-order valence-electron chi connectivity index (χ1n) is 10.7. The van der Waals surface area contributed by atoms with Gasteiger partial charge >= 0.3 is 6.03 Å². The fraction of sp³-hybridized carbons (Fsp3) is 0.857. The minimum absolute atomic E-state index is 0.0721. The number of amides is 4. The maximum absolute atomic E-state index is 13.3. The van der Waals surface area contributed by atoms with E-state index in [-0.39, 0.29) is 42.3 Å². The summed E-state index contributed by atoms with van der Waals surface area (Å²) in [5.74, 6) is -0.115. The lowest BCUT2D eigenvalue weighted by Crippen LogP contribution is -2.59. The Balaban J connectivity index is 1.77. The average molecular weight is 378 g/mol. The highest BCUT2D eigenvalue weighted by atomic mass is 16.2. The van der Waals surface area contributed by atoms with Crippen molar-refractivity contribution in [2.45, 2.75) is 96.7 Å². The zero-order chi connectivity index (χ0) is 19.8. The molecule has 152 valence electrons. The van der Waals surface area contributed by atoms with Gasteiger partial charge in [-0.2, -0.15) is 0 Å². The van der Waals surface area contributed by atoms with Crippen LogP contribution in [0.2, 0.25) is 0 Å². The van der Waals surface area contributed by atoms with Crippen molar-refractivity contribution in [3.8, 4) is 0 Å². The number of nitrogens with zero attached hydrogens (tertiary/aromatic N) is 2. The molecule has 3 fully saturated rings. The van der Waals surface area contributed by atoms with E-state index in [1.807, 2.05) is 32.6 Å². The molecule has 0 radical (unpaired) electrons. The summed E-state index contributed by atoms with van der Waals surface area (Å²) >= 11 is 0. The molecule has 6 heteroatoms. The molecule has 27 heavy (non-hydrogen) atoms. The van der Waals surface area contributed by atoms with Gasteiger partial charge in [0, 0.05) is 12.1 Å². The van der Waals surface area contributed by atoms with E-state index >= 15 is 0 Å². The highest BCUT2D eigenvalue weighted by Crippen LogP contribution is 2.42. The van der Waals surface area contributed by atoms with Gasteiger partial charge in [0.05, 0.1) is 0 Å². The number of rotatable bonds is 4. The van der Waals surface area contributed by atoms with Gasteiger partial charge in [0.15, 0.2) is 0 Å². The Bertz CT molecular complexity index is 587. The molecule has 1 spiro atoms. The number of nitrogens with one attached hydrogen (secondary N) is 1. The third kappa shape index (κ3) is 3.47. The van der Waals surface area contributed by atoms with Gasteiger partial charge in [-0.15, -0.1) is 0 Å². The molecule has 0 aromatic heterocycles. The van der Waals surface area contributed by atoms with E-state index < -0.39 is 11.6 Å². The number of hydrogen-bond donors (Lipinski definition) is 1. The van der Waals surface area contributed by atoms with Crippen LogP contribution < -0.4 is 5.32 Å². The molecule has 1 saturated heterocycles. The zero-order valence-electron chi connectivity index (χ0n) is 17.3. The molecule has 1 aliphatic heterocycles. The van der Waals surface area contributed by atoms with E-state index in [4.69, 9.17) is 0 Å². The largest absolute Gasteiger partial charge is 0.336 e. The van der Waals surface area contributed by atoms with Crippen LogP contribution in [0.15, 0.2) is 0 Å². The molecule has 0 bridgehead atoms. The Hall–Kier alpha value is -1.59. The van der Waals surface area contributed by atoms with Crippen molar-refractivity contribution in [3.05, 3.63) is 0 Å². The summed E-state index contributed by atoms with van der Waals surface area (Å²) in [6.07, 6.45) is 8.47. The van der Waals surface area contributed by atoms with E-state index in [9.17, 15) is 14.4 Å². The first-order valence-corrected chi connectivity index (χ1v) is 10.7. The van der Waals surface area contributed by atoms with Crippen molar-refractivity contribution in [2.24, 2.45) is 11.8 Å². The molecule has 2 saturated carbocycles. The molecule has 4 amide bonds. The van der Waals surface area contributed by atoms with Gasteiger partial charge in [-0.1, -0.05) is 39.5 Å². The minimum atomic E-state index is -0.830. The van der Waals surface area contributed by atoms with Crippen LogP contribution in [0.25, 0.3) is 0 Å². The van der Waals surface area contributed by atoms with E-state index in [2.05, 4.69) is 5.32 Å². The zero-order valence-corrected chi connectivity index (χ0v) is 17.3. The van der Waals surface area contributed by atoms with Crippen LogP contribution in [0.5, 0.6) is 0 Å². The fourth-order valence-corrected chi connectivity index (χ4v) is 5.59. The summed E-state index contributed by atoms with van der Waals surface area (Å²) in [4.78, 5) is 42.2. The number of carbonyl (C=O) groups is 3. The highest BCUT2D eigenvalue weighted by Gasteiger charge is 2.58. The van der Waals surface area contributed by atoms with Crippen molar-refractivity contribution in [1.29, 1.82) is 0 Å². The van der Waals surface area contributed by atoms with Crippen LogP contribution in [-0.2, 0) is 9.59 Å². The van der Waals surface area contributed by atoms with Gasteiger partial charge in [-0.05, 0) is 51.4 Å². The molecule has 2 atom stereocenters. The number of carbonyl (C=O) groups excluding carboxylic acids is 3. The van der Waals surface area contributed by atoms with Crippen LogP contribution in [0.4, 0.5) is 4.79 Å². The third-order valence-corrected chi connectivity index (χ3v) is 7.09. The average Bonchev–Trinajstić information content (AvgIpc) is 2.86. The fourth-order valence-electron chi connectivity index (χ4n) is 5.59. The normalized spacial score (nSPS) is 28.7. The van der Waals surface area contributed by atoms with E-state index in [1.165, 1.54) is 11.3 Å². The quantitative estimate of drug-likeness (QED) is 0.764. The summed E-state index contributed by atoms with van der Waals surface area (Å²) in [5.41, 5.74) is -0.830. The SMILES string of the molecule is CC(C)N(C(=O)CN1C(=O)NC2(C1=O)[C@H](C)CCC[C@H]2C)C1CCCCC1. The lowest BCUT2D eigenvalue weighted by atomic mass is 9.67. The predicted octanol–water partition coefficient (Wildman–Crippen LogP) is 3.30. The predicted molar refractivity (Wildman–Crippen MR) is 104 cm³/mol. The number of imide groups is 1. The molecule has 0 unspecified atom stereocenters. The van der Waals surface area contributed by atoms with E-state index in [0.717, 1.165) is 44.9 Å². The summed E-state index contributed by atoms with van der Waals surface area (Å²) in [7, 11) is 0. The lowest BCUT2D eigenvalue weighted by molar-refractivity contribution is -0.144. The van der Waals surface area contributed by atoms with Gasteiger partial charge in [-0.25, -0.2) is 4.79 Å². The third-order valence-electron chi connectivity index (χ3n) is 7.09. The Kier molecular flexibility index (Phi) is 5.82. The molecule has 1 N–H and O–H groups in total. The lowest BCUT2D eigenvalue weighted by Gasteiger charge is -2.42. The molecule has 0 aromatic carbocycles. The Morgan fingerprint density at radius 2 is 1.67 bits per heavy atom. The van der Waals surface area contributed by atoms with Gasteiger partial charge in [0.1, 0.15) is 12.1 Å².